The predicted octanol–water partition coefficient (Wildman–Crippen LogP) is 1.41. The van der Waals surface area contributed by atoms with Gasteiger partial charge in [-0.15, -0.1) is 0 Å². The van der Waals surface area contributed by atoms with E-state index in [1.54, 1.807) is 0 Å². The third-order valence-electron chi connectivity index (χ3n) is 0.958. The van der Waals surface area contributed by atoms with E-state index < -0.39 is 0 Å². The average molecular weight is 112 g/mol. The van der Waals surface area contributed by atoms with Crippen LogP contribution in [0.25, 0.3) is 0 Å². The normalized spacial score (nSPS) is 32.0. The molecule has 0 aromatic heterocycles. The van der Waals surface area contributed by atoms with Gasteiger partial charge in [0.1, 0.15) is 5.55 Å². The zero-order valence-corrected chi connectivity index (χ0v) is 4.44. The lowest BCUT2D eigenvalue weighted by Crippen LogP contribution is -1.94. The fourth-order valence-electron chi connectivity index (χ4n) is 0.579. The molecule has 0 fully saturated rings. The summed E-state index contributed by atoms with van der Waals surface area (Å²) >= 11 is 0. The van der Waals surface area contributed by atoms with Crippen LogP contribution in [0.15, 0.2) is 22.7 Å². The van der Waals surface area contributed by atoms with Gasteiger partial charge < -0.3 is 4.74 Å². The van der Waals surface area contributed by atoms with Crippen molar-refractivity contribution in [2.75, 3.05) is 0 Å². The molecular weight excluding hydrogens is 108 g/mol. The van der Waals surface area contributed by atoms with E-state index in [1.807, 2.05) is 17.7 Å². The highest BCUT2D eigenvalue weighted by Crippen LogP contribution is 2.38. The second-order valence-corrected chi connectivity index (χ2v) is 3.01. The molecule has 36 valence electrons. The van der Waals surface area contributed by atoms with E-state index in [2.05, 4.69) is 5.41 Å². The predicted molar refractivity (Wildman–Crippen MR) is 32.0 cm³/mol. The molecule has 0 aromatic rings. The Hall–Kier alpha value is -0.500. The van der Waals surface area contributed by atoms with Crippen molar-refractivity contribution < 1.29 is 4.74 Å². The van der Waals surface area contributed by atoms with E-state index in [0.717, 1.165) is 5.09 Å². The van der Waals surface area contributed by atoms with Crippen molar-refractivity contribution in [3.05, 3.63) is 22.7 Å². The molecule has 1 atom stereocenters. The van der Waals surface area contributed by atoms with E-state index in [1.165, 1.54) is 0 Å². The molecule has 0 spiro atoms. The highest BCUT2D eigenvalue weighted by Gasteiger charge is 2.12. The minimum atomic E-state index is 0.296. The molecule has 1 unspecified atom stereocenters. The Kier molecular flexibility index (Phi) is 0.504. The maximum atomic E-state index is 4.94. The lowest BCUT2D eigenvalue weighted by atomic mass is 10.6. The minimum Gasteiger partial charge on any atom is -0.451 e. The van der Waals surface area contributed by atoms with Crippen LogP contribution in [0, 0.1) is 0 Å². The van der Waals surface area contributed by atoms with E-state index in [0.29, 0.717) is 10.5 Å². The first-order valence-electron chi connectivity index (χ1n) is 2.07. The summed E-state index contributed by atoms with van der Waals surface area (Å²) in [6, 6.07) is 0. The van der Waals surface area contributed by atoms with Crippen LogP contribution >= 0.6 is 10.5 Å². The molecule has 2 heteroatoms. The molecule has 0 saturated heterocycles. The zero-order valence-electron chi connectivity index (χ0n) is 3.63. The summed E-state index contributed by atoms with van der Waals surface area (Å²) in [5.74, 6) is 0. The molecule has 0 N–H and O–H groups in total. The summed E-state index contributed by atoms with van der Waals surface area (Å²) < 4.78 is 4.94. The van der Waals surface area contributed by atoms with E-state index >= 15 is 0 Å². The Morgan fingerprint density at radius 1 is 1.57 bits per heavy atom. The maximum absolute atomic E-state index is 4.94. The topological polar surface area (TPSA) is 9.23 Å². The van der Waals surface area contributed by atoms with Crippen LogP contribution in [0.4, 0.5) is 0 Å². The number of hydrogen-bond donors (Lipinski definition) is 0. The van der Waals surface area contributed by atoms with Crippen molar-refractivity contribution in [2.45, 2.75) is 0 Å². The highest BCUT2D eigenvalue weighted by atomic mass is 32.2. The third-order valence-corrected chi connectivity index (χ3v) is 2.41. The number of hydrogen-bond acceptors (Lipinski definition) is 1. The van der Waals surface area contributed by atoms with Crippen molar-refractivity contribution >= 4 is 16.0 Å². The molecule has 2 heterocycles. The van der Waals surface area contributed by atoms with Crippen LogP contribution in [0.5, 0.6) is 0 Å². The quantitative estimate of drug-likeness (QED) is 0.430. The highest BCUT2D eigenvalue weighted by molar-refractivity contribution is 8.21. The minimum absolute atomic E-state index is 0.296. The van der Waals surface area contributed by atoms with Gasteiger partial charge in [-0.3, -0.25) is 0 Å². The van der Waals surface area contributed by atoms with Gasteiger partial charge in [0.05, 0.1) is 0 Å². The van der Waals surface area contributed by atoms with Gasteiger partial charge in [-0.2, -0.15) is 0 Å². The summed E-state index contributed by atoms with van der Waals surface area (Å²) in [5, 5.41) is 3.26. The molecule has 0 aliphatic carbocycles. The standard InChI is InChI=1S/C5H4OS/c1-2-5-6-4-7(5)3-1/h1-4H. The molecule has 7 heavy (non-hydrogen) atoms. The van der Waals surface area contributed by atoms with E-state index in [-0.39, 0.29) is 0 Å². The van der Waals surface area contributed by atoms with Gasteiger partial charge in [0.2, 0.25) is 0 Å². The molecule has 2 aliphatic rings. The summed E-state index contributed by atoms with van der Waals surface area (Å²) in [6.45, 7) is 0. The molecule has 0 bridgehead atoms. The number of rotatable bonds is 0. The van der Waals surface area contributed by atoms with Crippen LogP contribution in [-0.2, 0) is 4.74 Å². The summed E-state index contributed by atoms with van der Waals surface area (Å²) in [5.41, 5.74) is 1.86. The van der Waals surface area contributed by atoms with E-state index in [4.69, 9.17) is 4.74 Å². The Labute approximate surface area is 44.2 Å². The van der Waals surface area contributed by atoms with Crippen LogP contribution in [0.1, 0.15) is 0 Å². The first-order chi connectivity index (χ1) is 3.47. The molecule has 0 amide bonds. The van der Waals surface area contributed by atoms with Crippen LogP contribution < -0.4 is 0 Å². The van der Waals surface area contributed by atoms with Crippen molar-refractivity contribution in [2.24, 2.45) is 0 Å². The summed E-state index contributed by atoms with van der Waals surface area (Å²) in [6.07, 6.45) is 4.03. The van der Waals surface area contributed by atoms with Gasteiger partial charge in [0.15, 0.2) is 5.09 Å². The van der Waals surface area contributed by atoms with Crippen molar-refractivity contribution in [1.82, 2.24) is 0 Å². The molecule has 2 aliphatic heterocycles. The number of fused-ring (bicyclic) bond motifs is 1. The van der Waals surface area contributed by atoms with Gasteiger partial charge >= 0.3 is 0 Å². The largest absolute Gasteiger partial charge is 0.451 e. The van der Waals surface area contributed by atoms with E-state index in [9.17, 15) is 0 Å². The van der Waals surface area contributed by atoms with Crippen LogP contribution in [-0.4, -0.2) is 5.55 Å². The first-order valence-corrected chi connectivity index (χ1v) is 3.42. The van der Waals surface area contributed by atoms with Gasteiger partial charge in [0, 0.05) is 0 Å². The lowest BCUT2D eigenvalue weighted by Gasteiger charge is -2.12. The smallest absolute Gasteiger partial charge is 0.161 e. The summed E-state index contributed by atoms with van der Waals surface area (Å²) in [7, 11) is 0.296. The Bertz CT molecular complexity index is 188. The average Bonchev–Trinajstić information content (AvgIpc) is 1.85. The fourth-order valence-corrected chi connectivity index (χ4v) is 1.58. The molecule has 0 saturated carbocycles. The number of ether oxygens (including phenoxy) is 1. The Balaban J connectivity index is 2.60. The van der Waals surface area contributed by atoms with Gasteiger partial charge in [-0.05, 0) is 11.5 Å². The van der Waals surface area contributed by atoms with Crippen LogP contribution in [0.2, 0.25) is 0 Å². The van der Waals surface area contributed by atoms with Crippen molar-refractivity contribution in [3.8, 4) is 0 Å². The van der Waals surface area contributed by atoms with Crippen molar-refractivity contribution in [1.29, 1.82) is 0 Å². The molecule has 0 radical (unpaired) electrons. The molecular formula is C5H4OS. The zero-order chi connectivity index (χ0) is 4.69. The van der Waals surface area contributed by atoms with Crippen LogP contribution in [0.3, 0.4) is 0 Å². The summed E-state index contributed by atoms with van der Waals surface area (Å²) in [4.78, 5) is 0. The Morgan fingerprint density at radius 2 is 2.57 bits per heavy atom. The lowest BCUT2D eigenvalue weighted by molar-refractivity contribution is 0.475. The van der Waals surface area contributed by atoms with Gasteiger partial charge in [-0.25, -0.2) is 0 Å². The Morgan fingerprint density at radius 3 is 2.86 bits per heavy atom. The van der Waals surface area contributed by atoms with Gasteiger partial charge in [-0.1, -0.05) is 16.6 Å². The molecule has 1 nitrogen and oxygen atoms in total. The number of allylic oxidation sites excluding steroid dienone is 2. The first kappa shape index (κ1) is 3.50. The van der Waals surface area contributed by atoms with Crippen molar-refractivity contribution in [3.63, 3.8) is 0 Å². The molecule has 2 rings (SSSR count). The second kappa shape index (κ2) is 1.01. The fraction of sp³-hybridized carbons (Fsp3) is 0. The monoisotopic (exact) mass is 112 g/mol. The maximum Gasteiger partial charge on any atom is 0.161 e. The van der Waals surface area contributed by atoms with Gasteiger partial charge in [0.25, 0.3) is 0 Å². The molecule has 0 aromatic carbocycles. The SMILES string of the molecule is C1=CS2=COC2=C1. The third kappa shape index (κ3) is 0.320. The second-order valence-electron chi connectivity index (χ2n) is 1.40.